The van der Waals surface area contributed by atoms with Crippen molar-refractivity contribution in [1.29, 1.82) is 0 Å². The van der Waals surface area contributed by atoms with Gasteiger partial charge in [0.1, 0.15) is 0 Å². The maximum atomic E-state index is 14.0. The Morgan fingerprint density at radius 1 is 1.09 bits per heavy atom. The number of hydrogen-bond donors (Lipinski definition) is 0. The zero-order valence-corrected chi connectivity index (χ0v) is 13.5. The van der Waals surface area contributed by atoms with E-state index in [9.17, 15) is 13.6 Å². The van der Waals surface area contributed by atoms with Crippen LogP contribution in [-0.4, -0.2) is 12.6 Å². The highest BCUT2D eigenvalue weighted by Gasteiger charge is 2.46. The van der Waals surface area contributed by atoms with Crippen LogP contribution in [0.1, 0.15) is 39.5 Å². The minimum atomic E-state index is -1.17. The van der Waals surface area contributed by atoms with Gasteiger partial charge in [-0.05, 0) is 56.1 Å². The number of ether oxygens (including phenoxy) is 2. The first kappa shape index (κ1) is 16.2. The Labute approximate surface area is 135 Å². The van der Waals surface area contributed by atoms with E-state index in [1.807, 2.05) is 0 Å². The van der Waals surface area contributed by atoms with E-state index in [4.69, 9.17) is 9.47 Å². The van der Waals surface area contributed by atoms with Crippen LogP contribution in [0.15, 0.2) is 12.1 Å². The minimum absolute atomic E-state index is 0.171. The van der Waals surface area contributed by atoms with E-state index in [-0.39, 0.29) is 24.0 Å². The molecule has 3 nitrogen and oxygen atoms in total. The van der Waals surface area contributed by atoms with E-state index in [2.05, 4.69) is 6.92 Å². The molecule has 0 heterocycles. The third-order valence-corrected chi connectivity index (χ3v) is 5.39. The predicted octanol–water partition coefficient (Wildman–Crippen LogP) is 4.34. The van der Waals surface area contributed by atoms with Gasteiger partial charge in [0.25, 0.3) is 0 Å². The SMILES string of the molecule is CCOc1ccc(OC(=O)C2CCC3C(C)CCC23)c(F)c1F. The van der Waals surface area contributed by atoms with Gasteiger partial charge >= 0.3 is 5.97 Å². The number of rotatable bonds is 4. The number of benzene rings is 1. The van der Waals surface area contributed by atoms with Crippen LogP contribution in [-0.2, 0) is 4.79 Å². The molecule has 0 aromatic heterocycles. The third kappa shape index (κ3) is 2.93. The van der Waals surface area contributed by atoms with Crippen LogP contribution in [0.4, 0.5) is 8.78 Å². The maximum Gasteiger partial charge on any atom is 0.314 e. The fourth-order valence-electron chi connectivity index (χ4n) is 4.23. The summed E-state index contributed by atoms with van der Waals surface area (Å²) in [5, 5.41) is 0. The molecular weight excluding hydrogens is 302 g/mol. The first-order chi connectivity index (χ1) is 11.0. The lowest BCUT2D eigenvalue weighted by atomic mass is 9.90. The smallest absolute Gasteiger partial charge is 0.314 e. The molecule has 2 fully saturated rings. The molecule has 5 heteroatoms. The van der Waals surface area contributed by atoms with Gasteiger partial charge < -0.3 is 9.47 Å². The average Bonchev–Trinajstić information content (AvgIpc) is 3.10. The highest BCUT2D eigenvalue weighted by Crippen LogP contribution is 2.50. The minimum Gasteiger partial charge on any atom is -0.491 e. The summed E-state index contributed by atoms with van der Waals surface area (Å²) in [4.78, 5) is 12.4. The van der Waals surface area contributed by atoms with Gasteiger partial charge in [0.2, 0.25) is 11.6 Å². The summed E-state index contributed by atoms with van der Waals surface area (Å²) in [5.41, 5.74) is 0. The monoisotopic (exact) mass is 324 g/mol. The topological polar surface area (TPSA) is 35.5 Å². The second-order valence-corrected chi connectivity index (χ2v) is 6.61. The number of hydrogen-bond acceptors (Lipinski definition) is 3. The second-order valence-electron chi connectivity index (χ2n) is 6.61. The lowest BCUT2D eigenvalue weighted by molar-refractivity contribution is -0.140. The van der Waals surface area contributed by atoms with Crippen molar-refractivity contribution in [2.24, 2.45) is 23.7 Å². The molecule has 0 radical (unpaired) electrons. The molecule has 0 aliphatic heterocycles. The van der Waals surface area contributed by atoms with Gasteiger partial charge in [-0.15, -0.1) is 0 Å². The summed E-state index contributed by atoms with van der Waals surface area (Å²) in [5.74, 6) is -1.91. The number of carbonyl (C=O) groups excluding carboxylic acids is 1. The summed E-state index contributed by atoms with van der Waals surface area (Å²) in [6.45, 7) is 4.14. The van der Waals surface area contributed by atoms with Crippen LogP contribution in [0.3, 0.4) is 0 Å². The molecule has 0 amide bonds. The van der Waals surface area contributed by atoms with E-state index in [0.29, 0.717) is 17.8 Å². The van der Waals surface area contributed by atoms with Crippen LogP contribution < -0.4 is 9.47 Å². The number of fused-ring (bicyclic) bond motifs is 1. The van der Waals surface area contributed by atoms with Crippen LogP contribution in [0, 0.1) is 35.3 Å². The van der Waals surface area contributed by atoms with Crippen molar-refractivity contribution in [3.63, 3.8) is 0 Å². The van der Waals surface area contributed by atoms with E-state index < -0.39 is 17.6 Å². The average molecular weight is 324 g/mol. The number of halogens is 2. The molecule has 4 unspecified atom stereocenters. The van der Waals surface area contributed by atoms with E-state index in [1.165, 1.54) is 12.1 Å². The van der Waals surface area contributed by atoms with Gasteiger partial charge in [-0.3, -0.25) is 4.79 Å². The zero-order valence-electron chi connectivity index (χ0n) is 13.5. The Bertz CT molecular complexity index is 602. The van der Waals surface area contributed by atoms with Crippen molar-refractivity contribution in [2.45, 2.75) is 39.5 Å². The number of carbonyl (C=O) groups is 1. The molecule has 23 heavy (non-hydrogen) atoms. The highest BCUT2D eigenvalue weighted by atomic mass is 19.2. The summed E-state index contributed by atoms with van der Waals surface area (Å²) >= 11 is 0. The quantitative estimate of drug-likeness (QED) is 0.610. The molecule has 0 saturated heterocycles. The molecule has 2 saturated carbocycles. The molecule has 1 aromatic carbocycles. The summed E-state index contributed by atoms with van der Waals surface area (Å²) in [6.07, 6.45) is 3.95. The van der Waals surface area contributed by atoms with Crippen molar-refractivity contribution in [2.75, 3.05) is 6.61 Å². The Morgan fingerprint density at radius 2 is 1.74 bits per heavy atom. The number of esters is 1. The van der Waals surface area contributed by atoms with Gasteiger partial charge in [-0.1, -0.05) is 13.3 Å². The van der Waals surface area contributed by atoms with Crippen molar-refractivity contribution in [3.05, 3.63) is 23.8 Å². The van der Waals surface area contributed by atoms with Crippen LogP contribution in [0.25, 0.3) is 0 Å². The van der Waals surface area contributed by atoms with Crippen molar-refractivity contribution < 1.29 is 23.0 Å². The Balaban J connectivity index is 1.72. The Hall–Kier alpha value is -1.65. The van der Waals surface area contributed by atoms with Gasteiger partial charge in [0, 0.05) is 0 Å². The van der Waals surface area contributed by atoms with Gasteiger partial charge in [0.05, 0.1) is 12.5 Å². The first-order valence-corrected chi connectivity index (χ1v) is 8.35. The Kier molecular flexibility index (Phi) is 4.55. The van der Waals surface area contributed by atoms with E-state index >= 15 is 0 Å². The van der Waals surface area contributed by atoms with Crippen LogP contribution in [0.2, 0.25) is 0 Å². The standard InChI is InChI=1S/C18H22F2O3/c1-3-22-14-8-9-15(17(20)16(14)19)23-18(21)13-7-6-11-10(2)4-5-12(11)13/h8-13H,3-7H2,1-2H3. The zero-order chi connectivity index (χ0) is 16.6. The summed E-state index contributed by atoms with van der Waals surface area (Å²) < 4.78 is 38.0. The van der Waals surface area contributed by atoms with Crippen molar-refractivity contribution in [1.82, 2.24) is 0 Å². The van der Waals surface area contributed by atoms with Crippen molar-refractivity contribution in [3.8, 4) is 11.5 Å². The normalized spacial score (nSPS) is 29.4. The Morgan fingerprint density at radius 3 is 2.48 bits per heavy atom. The van der Waals surface area contributed by atoms with E-state index in [0.717, 1.165) is 25.7 Å². The molecule has 2 aliphatic carbocycles. The predicted molar refractivity (Wildman–Crippen MR) is 81.3 cm³/mol. The molecule has 2 aliphatic rings. The molecule has 0 spiro atoms. The van der Waals surface area contributed by atoms with Crippen molar-refractivity contribution >= 4 is 5.97 Å². The molecule has 0 N–H and O–H groups in total. The maximum absolute atomic E-state index is 14.0. The van der Waals surface area contributed by atoms with Crippen LogP contribution in [0.5, 0.6) is 11.5 Å². The van der Waals surface area contributed by atoms with Gasteiger partial charge in [-0.25, -0.2) is 0 Å². The van der Waals surface area contributed by atoms with Crippen LogP contribution >= 0.6 is 0 Å². The first-order valence-electron chi connectivity index (χ1n) is 8.35. The fourth-order valence-corrected chi connectivity index (χ4v) is 4.23. The molecular formula is C18H22F2O3. The second kappa shape index (κ2) is 6.46. The van der Waals surface area contributed by atoms with E-state index in [1.54, 1.807) is 6.92 Å². The lowest BCUT2D eigenvalue weighted by Gasteiger charge is -2.18. The molecule has 1 aromatic rings. The van der Waals surface area contributed by atoms with Gasteiger partial charge in [-0.2, -0.15) is 8.78 Å². The summed E-state index contributed by atoms with van der Waals surface area (Å²) in [6, 6.07) is 2.55. The molecule has 3 rings (SSSR count). The lowest BCUT2D eigenvalue weighted by Crippen LogP contribution is -2.25. The van der Waals surface area contributed by atoms with Gasteiger partial charge in [0.15, 0.2) is 11.5 Å². The highest BCUT2D eigenvalue weighted by molar-refractivity contribution is 5.76. The largest absolute Gasteiger partial charge is 0.491 e. The molecule has 126 valence electrons. The summed E-state index contributed by atoms with van der Waals surface area (Å²) in [7, 11) is 0. The third-order valence-electron chi connectivity index (χ3n) is 5.39. The molecule has 0 bridgehead atoms. The fraction of sp³-hybridized carbons (Fsp3) is 0.611. The molecule has 4 atom stereocenters.